The lowest BCUT2D eigenvalue weighted by Gasteiger charge is -2.05. The minimum atomic E-state index is -0.154. The molecule has 1 N–H and O–H groups in total. The van der Waals surface area contributed by atoms with Crippen molar-refractivity contribution in [1.29, 1.82) is 0 Å². The van der Waals surface area contributed by atoms with Crippen LogP contribution in [-0.2, 0) is 0 Å². The van der Waals surface area contributed by atoms with Crippen LogP contribution in [0.25, 0.3) is 0 Å². The van der Waals surface area contributed by atoms with E-state index in [1.807, 2.05) is 30.3 Å². The zero-order valence-corrected chi connectivity index (χ0v) is 8.68. The van der Waals surface area contributed by atoms with Crippen molar-refractivity contribution in [2.75, 3.05) is 5.32 Å². The van der Waals surface area contributed by atoms with Crippen molar-refractivity contribution < 1.29 is 4.79 Å². The summed E-state index contributed by atoms with van der Waals surface area (Å²) >= 11 is 0. The average Bonchev–Trinajstić information content (AvgIpc) is 2.30. The van der Waals surface area contributed by atoms with E-state index in [0.29, 0.717) is 11.0 Å². The van der Waals surface area contributed by atoms with Crippen LogP contribution in [0.15, 0.2) is 54.6 Å². The molecule has 2 aromatic rings. The quantitative estimate of drug-likeness (QED) is 0.746. The molecule has 16 heavy (non-hydrogen) atoms. The topological polar surface area (TPSA) is 29.1 Å². The molecule has 0 aliphatic carbocycles. The molecular formula is C13H10BNO. The third-order valence-electron chi connectivity index (χ3n) is 2.18. The molecule has 76 valence electrons. The second kappa shape index (κ2) is 4.66. The highest BCUT2D eigenvalue weighted by Crippen LogP contribution is 2.07. The SMILES string of the molecule is [B]c1cccc(C(=O)Nc2ccccc2)c1. The molecule has 0 fully saturated rings. The molecule has 0 heterocycles. The monoisotopic (exact) mass is 207 g/mol. The maximum absolute atomic E-state index is 11.8. The lowest BCUT2D eigenvalue weighted by Crippen LogP contribution is -2.14. The van der Waals surface area contributed by atoms with Crippen LogP contribution in [0.4, 0.5) is 5.69 Å². The number of carbonyl (C=O) groups excluding carboxylic acids is 1. The van der Waals surface area contributed by atoms with Crippen LogP contribution in [0.1, 0.15) is 10.4 Å². The second-order valence-electron chi connectivity index (χ2n) is 3.45. The predicted octanol–water partition coefficient (Wildman–Crippen LogP) is 1.73. The Morgan fingerprint density at radius 3 is 2.44 bits per heavy atom. The van der Waals surface area contributed by atoms with Crippen LogP contribution in [0.2, 0.25) is 0 Å². The van der Waals surface area contributed by atoms with E-state index >= 15 is 0 Å². The molecular weight excluding hydrogens is 197 g/mol. The number of carbonyl (C=O) groups is 1. The fourth-order valence-electron chi connectivity index (χ4n) is 1.40. The van der Waals surface area contributed by atoms with Crippen molar-refractivity contribution >= 4 is 24.9 Å². The molecule has 3 heteroatoms. The molecule has 0 spiro atoms. The third-order valence-corrected chi connectivity index (χ3v) is 2.18. The van der Waals surface area contributed by atoms with E-state index in [-0.39, 0.29) is 5.91 Å². The van der Waals surface area contributed by atoms with Gasteiger partial charge < -0.3 is 5.32 Å². The smallest absolute Gasteiger partial charge is 0.255 e. The minimum absolute atomic E-state index is 0.154. The van der Waals surface area contributed by atoms with E-state index in [0.717, 1.165) is 5.69 Å². The highest BCUT2D eigenvalue weighted by molar-refractivity contribution is 6.32. The van der Waals surface area contributed by atoms with Gasteiger partial charge in [0.15, 0.2) is 0 Å². The predicted molar refractivity (Wildman–Crippen MR) is 66.2 cm³/mol. The first-order chi connectivity index (χ1) is 7.75. The second-order valence-corrected chi connectivity index (χ2v) is 3.45. The maximum atomic E-state index is 11.8. The summed E-state index contributed by atoms with van der Waals surface area (Å²) < 4.78 is 0. The van der Waals surface area contributed by atoms with Crippen molar-refractivity contribution in [2.24, 2.45) is 0 Å². The van der Waals surface area contributed by atoms with Gasteiger partial charge in [-0.2, -0.15) is 0 Å². The summed E-state index contributed by atoms with van der Waals surface area (Å²) in [6.45, 7) is 0. The summed E-state index contributed by atoms with van der Waals surface area (Å²) in [6.07, 6.45) is 0. The normalized spacial score (nSPS) is 9.75. The molecule has 2 aromatic carbocycles. The highest BCUT2D eigenvalue weighted by Gasteiger charge is 2.04. The Hall–Kier alpha value is -2.03. The number of para-hydroxylation sites is 1. The first-order valence-electron chi connectivity index (χ1n) is 4.97. The number of hydrogen-bond donors (Lipinski definition) is 1. The molecule has 0 saturated carbocycles. The Bertz CT molecular complexity index is 496. The first kappa shape index (κ1) is 10.5. The van der Waals surface area contributed by atoms with Gasteiger partial charge in [-0.25, -0.2) is 0 Å². The Labute approximate surface area is 95.7 Å². The largest absolute Gasteiger partial charge is 0.322 e. The fraction of sp³-hybridized carbons (Fsp3) is 0. The zero-order chi connectivity index (χ0) is 11.4. The van der Waals surface area contributed by atoms with Crippen LogP contribution < -0.4 is 10.8 Å². The number of rotatable bonds is 2. The molecule has 0 aromatic heterocycles. The van der Waals surface area contributed by atoms with Gasteiger partial charge in [-0.3, -0.25) is 4.79 Å². The molecule has 0 unspecified atom stereocenters. The van der Waals surface area contributed by atoms with Crippen molar-refractivity contribution in [1.82, 2.24) is 0 Å². The standard InChI is InChI=1S/C13H10BNO/c14-11-6-4-5-10(9-11)13(16)15-12-7-2-1-3-8-12/h1-9H,(H,15,16). The molecule has 0 bridgehead atoms. The summed E-state index contributed by atoms with van der Waals surface area (Å²) in [5, 5.41) is 2.79. The fourth-order valence-corrected chi connectivity index (χ4v) is 1.40. The summed E-state index contributed by atoms with van der Waals surface area (Å²) in [4.78, 5) is 11.8. The Kier molecular flexibility index (Phi) is 3.06. The number of amides is 1. The minimum Gasteiger partial charge on any atom is -0.322 e. The van der Waals surface area contributed by atoms with Gasteiger partial charge in [-0.05, 0) is 18.2 Å². The van der Waals surface area contributed by atoms with Crippen LogP contribution in [-0.4, -0.2) is 13.8 Å². The molecule has 2 nitrogen and oxygen atoms in total. The van der Waals surface area contributed by atoms with E-state index < -0.39 is 0 Å². The van der Waals surface area contributed by atoms with Gasteiger partial charge in [0.25, 0.3) is 5.91 Å². The molecule has 1 amide bonds. The maximum Gasteiger partial charge on any atom is 0.255 e. The van der Waals surface area contributed by atoms with Crippen molar-refractivity contribution in [2.45, 2.75) is 0 Å². The van der Waals surface area contributed by atoms with Gasteiger partial charge in [0.05, 0.1) is 0 Å². The molecule has 0 aliphatic heterocycles. The highest BCUT2D eigenvalue weighted by atomic mass is 16.1. The van der Waals surface area contributed by atoms with E-state index in [1.165, 1.54) is 0 Å². The number of benzene rings is 2. The van der Waals surface area contributed by atoms with Crippen molar-refractivity contribution in [3.05, 3.63) is 60.2 Å². The molecule has 2 rings (SSSR count). The van der Waals surface area contributed by atoms with Gasteiger partial charge in [0.2, 0.25) is 0 Å². The van der Waals surface area contributed by atoms with Gasteiger partial charge in [-0.1, -0.05) is 41.9 Å². The summed E-state index contributed by atoms with van der Waals surface area (Å²) in [5.41, 5.74) is 1.92. The number of nitrogens with one attached hydrogen (secondary N) is 1. The Balaban J connectivity index is 2.15. The summed E-state index contributed by atoms with van der Waals surface area (Å²) in [7, 11) is 5.61. The Morgan fingerprint density at radius 1 is 1.00 bits per heavy atom. The zero-order valence-electron chi connectivity index (χ0n) is 8.68. The lowest BCUT2D eigenvalue weighted by atomic mass is 9.94. The number of hydrogen-bond acceptors (Lipinski definition) is 1. The van der Waals surface area contributed by atoms with Crippen LogP contribution in [0.3, 0.4) is 0 Å². The lowest BCUT2D eigenvalue weighted by molar-refractivity contribution is 0.102. The molecule has 2 radical (unpaired) electrons. The van der Waals surface area contributed by atoms with E-state index in [4.69, 9.17) is 7.85 Å². The van der Waals surface area contributed by atoms with E-state index in [1.54, 1.807) is 24.3 Å². The Morgan fingerprint density at radius 2 is 1.75 bits per heavy atom. The van der Waals surface area contributed by atoms with Gasteiger partial charge in [-0.15, -0.1) is 0 Å². The molecule has 0 atom stereocenters. The van der Waals surface area contributed by atoms with Gasteiger partial charge in [0, 0.05) is 11.3 Å². The van der Waals surface area contributed by atoms with Crippen LogP contribution in [0, 0.1) is 0 Å². The van der Waals surface area contributed by atoms with Crippen molar-refractivity contribution in [3.63, 3.8) is 0 Å². The van der Waals surface area contributed by atoms with E-state index in [2.05, 4.69) is 5.32 Å². The average molecular weight is 207 g/mol. The van der Waals surface area contributed by atoms with Gasteiger partial charge >= 0.3 is 0 Å². The first-order valence-corrected chi connectivity index (χ1v) is 4.97. The van der Waals surface area contributed by atoms with E-state index in [9.17, 15) is 4.79 Å². The third kappa shape index (κ3) is 2.51. The van der Waals surface area contributed by atoms with Crippen LogP contribution in [0.5, 0.6) is 0 Å². The van der Waals surface area contributed by atoms with Crippen molar-refractivity contribution in [3.8, 4) is 0 Å². The molecule has 0 saturated heterocycles. The van der Waals surface area contributed by atoms with Gasteiger partial charge in [0.1, 0.15) is 7.85 Å². The van der Waals surface area contributed by atoms with Crippen LogP contribution >= 0.6 is 0 Å². The summed E-state index contributed by atoms with van der Waals surface area (Å²) in [6, 6.07) is 16.2. The number of anilines is 1. The molecule has 0 aliphatic rings. The summed E-state index contributed by atoms with van der Waals surface area (Å²) in [5.74, 6) is -0.154.